The van der Waals surface area contributed by atoms with Crippen molar-refractivity contribution >= 4 is 11.9 Å². The van der Waals surface area contributed by atoms with E-state index in [9.17, 15) is 10.1 Å². The first-order valence-corrected chi connectivity index (χ1v) is 3.68. The molecule has 0 unspecified atom stereocenters. The van der Waals surface area contributed by atoms with Gasteiger partial charge >= 0.3 is 0 Å². The molecule has 0 aliphatic heterocycles. The Labute approximate surface area is 79.6 Å². The van der Waals surface area contributed by atoms with Crippen molar-refractivity contribution in [2.45, 2.75) is 0 Å². The molecule has 0 amide bonds. The third kappa shape index (κ3) is 2.19. The van der Waals surface area contributed by atoms with Crippen LogP contribution in [0.2, 0.25) is 0 Å². The van der Waals surface area contributed by atoms with E-state index in [-0.39, 0.29) is 5.69 Å². The van der Waals surface area contributed by atoms with E-state index >= 15 is 0 Å². The van der Waals surface area contributed by atoms with Gasteiger partial charge in [0.15, 0.2) is 0 Å². The summed E-state index contributed by atoms with van der Waals surface area (Å²) in [5, 5.41) is 21.5. The minimum Gasteiger partial charge on any atom is -0.496 e. The van der Waals surface area contributed by atoms with Crippen LogP contribution in [0.15, 0.2) is 23.4 Å². The van der Waals surface area contributed by atoms with Crippen molar-refractivity contribution in [2.75, 3.05) is 7.11 Å². The smallest absolute Gasteiger partial charge is 0.273 e. The Balaban J connectivity index is 3.19. The molecule has 14 heavy (non-hydrogen) atoms. The van der Waals surface area contributed by atoms with Crippen LogP contribution in [0.3, 0.4) is 0 Å². The summed E-state index contributed by atoms with van der Waals surface area (Å²) in [6.07, 6.45) is 1.09. The van der Waals surface area contributed by atoms with E-state index in [2.05, 4.69) is 5.16 Å². The normalized spacial score (nSPS) is 10.4. The third-order valence-corrected chi connectivity index (χ3v) is 1.57. The van der Waals surface area contributed by atoms with Crippen molar-refractivity contribution in [3.05, 3.63) is 33.9 Å². The van der Waals surface area contributed by atoms with Gasteiger partial charge in [-0.1, -0.05) is 5.16 Å². The molecule has 0 aliphatic carbocycles. The number of rotatable bonds is 3. The minimum atomic E-state index is -0.544. The van der Waals surface area contributed by atoms with Crippen molar-refractivity contribution in [3.8, 4) is 5.75 Å². The van der Waals surface area contributed by atoms with E-state index in [1.807, 2.05) is 0 Å². The summed E-state index contributed by atoms with van der Waals surface area (Å²) < 4.78 is 4.84. The monoisotopic (exact) mass is 196 g/mol. The average Bonchev–Trinajstić information content (AvgIpc) is 2.17. The van der Waals surface area contributed by atoms with Gasteiger partial charge in [-0.25, -0.2) is 0 Å². The van der Waals surface area contributed by atoms with Gasteiger partial charge in [-0.05, 0) is 6.07 Å². The maximum Gasteiger partial charge on any atom is 0.273 e. The highest BCUT2D eigenvalue weighted by Gasteiger charge is 2.08. The zero-order chi connectivity index (χ0) is 10.6. The van der Waals surface area contributed by atoms with Gasteiger partial charge in [-0.15, -0.1) is 0 Å². The van der Waals surface area contributed by atoms with Gasteiger partial charge in [0.2, 0.25) is 0 Å². The average molecular weight is 196 g/mol. The molecule has 1 N–H and O–H groups in total. The number of nitro groups is 1. The summed E-state index contributed by atoms with van der Waals surface area (Å²) in [7, 11) is 1.40. The molecule has 0 aromatic heterocycles. The number of nitrogens with zero attached hydrogens (tertiary/aromatic N) is 2. The highest BCUT2D eigenvalue weighted by molar-refractivity contribution is 5.81. The number of hydrogen-bond acceptors (Lipinski definition) is 5. The first kappa shape index (κ1) is 9.97. The summed E-state index contributed by atoms with van der Waals surface area (Å²) in [5.41, 5.74) is 0.290. The SMILES string of the molecule is COc1cc(/C=N/O)cc([N+](=O)[O-])c1. The Morgan fingerprint density at radius 3 is 2.79 bits per heavy atom. The quantitative estimate of drug-likeness (QED) is 0.343. The molecule has 1 aromatic rings. The first-order valence-electron chi connectivity index (χ1n) is 3.68. The van der Waals surface area contributed by atoms with Gasteiger partial charge in [-0.3, -0.25) is 10.1 Å². The molecule has 0 heterocycles. The highest BCUT2D eigenvalue weighted by Crippen LogP contribution is 2.21. The molecule has 0 saturated heterocycles. The van der Waals surface area contributed by atoms with Crippen LogP contribution < -0.4 is 4.74 Å². The van der Waals surface area contributed by atoms with E-state index in [4.69, 9.17) is 9.94 Å². The van der Waals surface area contributed by atoms with Crippen LogP contribution in [-0.2, 0) is 0 Å². The second-order valence-electron chi connectivity index (χ2n) is 2.47. The van der Waals surface area contributed by atoms with Crippen molar-refractivity contribution in [1.82, 2.24) is 0 Å². The van der Waals surface area contributed by atoms with Crippen molar-refractivity contribution in [3.63, 3.8) is 0 Å². The number of non-ortho nitro benzene ring substituents is 1. The van der Waals surface area contributed by atoms with Crippen LogP contribution >= 0.6 is 0 Å². The molecular formula is C8H8N2O4. The molecule has 1 rings (SSSR count). The zero-order valence-corrected chi connectivity index (χ0v) is 7.38. The molecule has 1 aromatic carbocycles. The van der Waals surface area contributed by atoms with Crippen molar-refractivity contribution < 1.29 is 14.9 Å². The Hall–Kier alpha value is -2.11. The maximum atomic E-state index is 10.5. The standard InChI is InChI=1S/C8H8N2O4/c1-14-8-3-6(5-9-11)2-7(4-8)10(12)13/h2-5,11H,1H3/b9-5+. The Kier molecular flexibility index (Phi) is 3.01. The number of hydrogen-bond donors (Lipinski definition) is 1. The van der Waals surface area contributed by atoms with Gasteiger partial charge < -0.3 is 9.94 Å². The van der Waals surface area contributed by atoms with Gasteiger partial charge in [0.05, 0.1) is 24.3 Å². The molecule has 6 nitrogen and oxygen atoms in total. The van der Waals surface area contributed by atoms with Gasteiger partial charge in [0.25, 0.3) is 5.69 Å². The number of ether oxygens (including phenoxy) is 1. The Morgan fingerprint density at radius 1 is 1.57 bits per heavy atom. The number of methoxy groups -OCH3 is 1. The van der Waals surface area contributed by atoms with E-state index in [0.29, 0.717) is 11.3 Å². The van der Waals surface area contributed by atoms with Crippen LogP contribution in [0.25, 0.3) is 0 Å². The molecular weight excluding hydrogens is 188 g/mol. The van der Waals surface area contributed by atoms with Gasteiger partial charge in [0, 0.05) is 11.6 Å². The van der Waals surface area contributed by atoms with Crippen LogP contribution in [-0.4, -0.2) is 23.5 Å². The lowest BCUT2D eigenvalue weighted by atomic mass is 10.2. The number of benzene rings is 1. The fourth-order valence-corrected chi connectivity index (χ4v) is 0.970. The molecule has 0 atom stereocenters. The van der Waals surface area contributed by atoms with E-state index in [1.54, 1.807) is 0 Å². The van der Waals surface area contributed by atoms with Crippen LogP contribution in [0, 0.1) is 10.1 Å². The van der Waals surface area contributed by atoms with Crippen molar-refractivity contribution in [1.29, 1.82) is 0 Å². The summed E-state index contributed by atoms with van der Waals surface area (Å²) in [5.74, 6) is 0.342. The van der Waals surface area contributed by atoms with Gasteiger partial charge in [-0.2, -0.15) is 0 Å². The Bertz CT molecular complexity index is 376. The highest BCUT2D eigenvalue weighted by atomic mass is 16.6. The molecule has 0 radical (unpaired) electrons. The summed E-state index contributed by atoms with van der Waals surface area (Å²) >= 11 is 0. The largest absolute Gasteiger partial charge is 0.496 e. The number of nitro benzene ring substituents is 1. The van der Waals surface area contributed by atoms with Crippen molar-refractivity contribution in [2.24, 2.45) is 5.16 Å². The van der Waals surface area contributed by atoms with E-state index < -0.39 is 4.92 Å². The topological polar surface area (TPSA) is 85.0 Å². The molecule has 0 aliphatic rings. The lowest BCUT2D eigenvalue weighted by molar-refractivity contribution is -0.384. The molecule has 0 saturated carbocycles. The predicted octanol–water partition coefficient (Wildman–Crippen LogP) is 1.41. The van der Waals surface area contributed by atoms with Crippen LogP contribution in [0.4, 0.5) is 5.69 Å². The molecule has 0 fully saturated rings. The Morgan fingerprint density at radius 2 is 2.29 bits per heavy atom. The molecule has 6 heteroatoms. The third-order valence-electron chi connectivity index (χ3n) is 1.57. The van der Waals surface area contributed by atoms with Gasteiger partial charge in [0.1, 0.15) is 5.75 Å². The molecule has 0 spiro atoms. The van der Waals surface area contributed by atoms with Crippen LogP contribution in [0.5, 0.6) is 5.75 Å². The minimum absolute atomic E-state index is 0.112. The molecule has 74 valence electrons. The second-order valence-corrected chi connectivity index (χ2v) is 2.47. The zero-order valence-electron chi connectivity index (χ0n) is 7.38. The lowest BCUT2D eigenvalue weighted by Crippen LogP contribution is -1.93. The maximum absolute atomic E-state index is 10.5. The van der Waals surface area contributed by atoms with Crippen LogP contribution in [0.1, 0.15) is 5.56 Å². The second kappa shape index (κ2) is 4.22. The van der Waals surface area contributed by atoms with E-state index in [1.165, 1.54) is 25.3 Å². The number of oxime groups is 1. The summed E-state index contributed by atoms with van der Waals surface area (Å²) in [4.78, 5) is 9.92. The first-order chi connectivity index (χ1) is 6.67. The summed E-state index contributed by atoms with van der Waals surface area (Å²) in [6.45, 7) is 0. The fourth-order valence-electron chi connectivity index (χ4n) is 0.970. The molecule has 0 bridgehead atoms. The van der Waals surface area contributed by atoms with E-state index in [0.717, 1.165) is 6.21 Å². The summed E-state index contributed by atoms with van der Waals surface area (Å²) in [6, 6.07) is 4.09. The predicted molar refractivity (Wildman–Crippen MR) is 49.0 cm³/mol. The fraction of sp³-hybridized carbons (Fsp3) is 0.125. The lowest BCUT2D eigenvalue weighted by Gasteiger charge is -2.00.